The van der Waals surface area contributed by atoms with Crippen LogP contribution in [0.5, 0.6) is 5.75 Å². The van der Waals surface area contributed by atoms with Crippen LogP contribution in [-0.2, 0) is 11.8 Å². The minimum atomic E-state index is -0.721. The zero-order chi connectivity index (χ0) is 21.8. The van der Waals surface area contributed by atoms with Gasteiger partial charge in [0.25, 0.3) is 5.91 Å². The van der Waals surface area contributed by atoms with E-state index in [-0.39, 0.29) is 54.5 Å². The highest BCUT2D eigenvalue weighted by molar-refractivity contribution is 6.31. The summed E-state index contributed by atoms with van der Waals surface area (Å²) in [5.41, 5.74) is 0.554. The van der Waals surface area contributed by atoms with Gasteiger partial charge in [-0.3, -0.25) is 9.48 Å². The lowest BCUT2D eigenvalue weighted by Gasteiger charge is -2.22. The zero-order valence-corrected chi connectivity index (χ0v) is 17.4. The summed E-state index contributed by atoms with van der Waals surface area (Å²) in [5.74, 6) is -0.295. The number of aromatic nitrogens is 2. The van der Waals surface area contributed by atoms with Crippen LogP contribution in [0.3, 0.4) is 0 Å². The molecular weight excluding hydrogens is 415 g/mol. The summed E-state index contributed by atoms with van der Waals surface area (Å²) < 4.78 is 27.2. The van der Waals surface area contributed by atoms with Gasteiger partial charge in [-0.25, -0.2) is 4.39 Å². The van der Waals surface area contributed by atoms with Gasteiger partial charge < -0.3 is 19.5 Å². The first-order valence-corrected chi connectivity index (χ1v) is 9.65. The maximum absolute atomic E-state index is 14.1. The van der Waals surface area contributed by atoms with E-state index in [1.807, 2.05) is 0 Å². The van der Waals surface area contributed by atoms with Crippen LogP contribution in [0, 0.1) is 5.82 Å². The SMILES string of the molecule is C=C/C1=N\c2c(cnn2C)C(=O)N(CCO)CCOc2ccc(F)c(Cl)c2[C@@H](C)O1. The molecular formula is C20H22ClFN4O4. The molecule has 160 valence electrons. The molecule has 0 saturated carbocycles. The number of nitrogens with zero attached hydrogens (tertiary/aromatic N) is 4. The highest BCUT2D eigenvalue weighted by atomic mass is 35.5. The van der Waals surface area contributed by atoms with Gasteiger partial charge in [0, 0.05) is 13.6 Å². The van der Waals surface area contributed by atoms with E-state index in [2.05, 4.69) is 16.7 Å². The molecule has 1 amide bonds. The van der Waals surface area contributed by atoms with E-state index in [9.17, 15) is 14.3 Å². The molecule has 0 unspecified atom stereocenters. The molecule has 0 spiro atoms. The van der Waals surface area contributed by atoms with Gasteiger partial charge in [0.15, 0.2) is 5.82 Å². The Hall–Kier alpha value is -2.91. The number of fused-ring (bicyclic) bond motifs is 2. The number of aliphatic hydroxyl groups is 1. The minimum Gasteiger partial charge on any atom is -0.491 e. The number of rotatable bonds is 3. The van der Waals surface area contributed by atoms with Crippen LogP contribution < -0.4 is 4.74 Å². The fourth-order valence-electron chi connectivity index (χ4n) is 3.10. The molecule has 1 aliphatic rings. The number of hydrogen-bond donors (Lipinski definition) is 1. The Morgan fingerprint density at radius 1 is 1.47 bits per heavy atom. The molecule has 8 nitrogen and oxygen atoms in total. The third-order valence-corrected chi connectivity index (χ3v) is 4.99. The normalized spacial score (nSPS) is 19.1. The molecule has 3 rings (SSSR count). The molecule has 2 aromatic rings. The van der Waals surface area contributed by atoms with Crippen molar-refractivity contribution in [2.24, 2.45) is 12.0 Å². The number of carbonyl (C=O) groups is 1. The van der Waals surface area contributed by atoms with Crippen molar-refractivity contribution in [3.05, 3.63) is 53.0 Å². The zero-order valence-electron chi connectivity index (χ0n) is 16.6. The van der Waals surface area contributed by atoms with Gasteiger partial charge in [0.2, 0.25) is 5.90 Å². The first-order valence-electron chi connectivity index (χ1n) is 9.28. The Morgan fingerprint density at radius 2 is 2.23 bits per heavy atom. The number of aryl methyl sites for hydroxylation is 1. The number of aliphatic imine (C=N–C) groups is 1. The molecule has 1 N–H and O–H groups in total. The van der Waals surface area contributed by atoms with Gasteiger partial charge in [-0.1, -0.05) is 18.2 Å². The van der Waals surface area contributed by atoms with Crippen LogP contribution in [0.4, 0.5) is 10.2 Å². The number of aliphatic hydroxyl groups excluding tert-OH is 1. The van der Waals surface area contributed by atoms with Crippen LogP contribution in [0.1, 0.15) is 28.9 Å². The summed E-state index contributed by atoms with van der Waals surface area (Å²) in [5, 5.41) is 13.4. The van der Waals surface area contributed by atoms with Gasteiger partial charge in [0.1, 0.15) is 29.8 Å². The summed E-state index contributed by atoms with van der Waals surface area (Å²) in [4.78, 5) is 18.9. The van der Waals surface area contributed by atoms with E-state index in [0.29, 0.717) is 11.3 Å². The van der Waals surface area contributed by atoms with Gasteiger partial charge in [-0.2, -0.15) is 10.1 Å². The maximum atomic E-state index is 14.1. The Bertz CT molecular complexity index is 991. The smallest absolute Gasteiger partial charge is 0.259 e. The first-order chi connectivity index (χ1) is 14.4. The van der Waals surface area contributed by atoms with Crippen molar-refractivity contribution in [3.8, 4) is 5.75 Å². The topological polar surface area (TPSA) is 89.2 Å². The maximum Gasteiger partial charge on any atom is 0.259 e. The Labute approximate surface area is 178 Å². The summed E-state index contributed by atoms with van der Waals surface area (Å²) >= 11 is 6.20. The molecule has 1 atom stereocenters. The average Bonchev–Trinajstić information content (AvgIpc) is 3.08. The molecule has 0 aliphatic carbocycles. The molecule has 30 heavy (non-hydrogen) atoms. The Kier molecular flexibility index (Phi) is 6.73. The Balaban J connectivity index is 2.13. The van der Waals surface area contributed by atoms with Crippen molar-refractivity contribution in [2.75, 3.05) is 26.3 Å². The molecule has 10 heteroatoms. The number of halogens is 2. The first kappa shape index (κ1) is 21.8. The Morgan fingerprint density at radius 3 is 2.93 bits per heavy atom. The van der Waals surface area contributed by atoms with E-state index in [1.54, 1.807) is 14.0 Å². The summed E-state index contributed by atoms with van der Waals surface area (Å²) in [6.07, 6.45) is 2.05. The van der Waals surface area contributed by atoms with Gasteiger partial charge in [-0.15, -0.1) is 0 Å². The number of amides is 1. The van der Waals surface area contributed by atoms with Crippen molar-refractivity contribution in [1.82, 2.24) is 14.7 Å². The second-order valence-electron chi connectivity index (χ2n) is 6.56. The third kappa shape index (κ3) is 4.31. The summed E-state index contributed by atoms with van der Waals surface area (Å²) in [6.45, 7) is 5.52. The monoisotopic (exact) mass is 436 g/mol. The van der Waals surface area contributed by atoms with E-state index >= 15 is 0 Å². The lowest BCUT2D eigenvalue weighted by molar-refractivity contribution is 0.0693. The van der Waals surface area contributed by atoms with Crippen LogP contribution in [0.25, 0.3) is 0 Å². The largest absolute Gasteiger partial charge is 0.491 e. The van der Waals surface area contributed by atoms with E-state index in [0.717, 1.165) is 0 Å². The van der Waals surface area contributed by atoms with Crippen LogP contribution in [0.2, 0.25) is 5.02 Å². The second kappa shape index (κ2) is 9.27. The van der Waals surface area contributed by atoms with E-state index in [1.165, 1.54) is 34.0 Å². The lowest BCUT2D eigenvalue weighted by atomic mass is 10.1. The molecule has 2 heterocycles. The van der Waals surface area contributed by atoms with E-state index in [4.69, 9.17) is 21.1 Å². The molecule has 0 saturated heterocycles. The molecule has 0 bridgehead atoms. The molecule has 1 aromatic carbocycles. The van der Waals surface area contributed by atoms with Gasteiger partial charge in [-0.05, 0) is 25.1 Å². The fourth-order valence-corrected chi connectivity index (χ4v) is 3.41. The lowest BCUT2D eigenvalue weighted by Crippen LogP contribution is -2.36. The van der Waals surface area contributed by atoms with Crippen molar-refractivity contribution >= 4 is 29.2 Å². The standard InChI is InChI=1S/C20H22ClFN4O4/c1-4-16-24-19-13(11-23-25(19)3)20(28)26(7-9-27)8-10-29-15-6-5-14(22)18(21)17(15)12(2)30-16/h4-6,11-12,27H,1,7-10H2,2-3H3/b24-16+/t12-/m1/s1. The highest BCUT2D eigenvalue weighted by Crippen LogP contribution is 2.36. The summed E-state index contributed by atoms with van der Waals surface area (Å²) in [6, 6.07) is 2.66. The predicted octanol–water partition coefficient (Wildman–Crippen LogP) is 3.03. The number of ether oxygens (including phenoxy) is 2. The van der Waals surface area contributed by atoms with Gasteiger partial charge >= 0.3 is 0 Å². The number of hydrogen-bond acceptors (Lipinski definition) is 6. The predicted molar refractivity (Wildman–Crippen MR) is 110 cm³/mol. The fraction of sp³-hybridized carbons (Fsp3) is 0.350. The van der Waals surface area contributed by atoms with Crippen molar-refractivity contribution in [1.29, 1.82) is 0 Å². The van der Waals surface area contributed by atoms with Crippen molar-refractivity contribution in [3.63, 3.8) is 0 Å². The molecule has 1 aromatic heterocycles. The number of carbonyl (C=O) groups excluding carboxylic acids is 1. The number of benzene rings is 1. The van der Waals surface area contributed by atoms with E-state index < -0.39 is 11.9 Å². The molecule has 1 aliphatic heterocycles. The highest BCUT2D eigenvalue weighted by Gasteiger charge is 2.25. The third-order valence-electron chi connectivity index (χ3n) is 4.60. The van der Waals surface area contributed by atoms with Crippen molar-refractivity contribution < 1.29 is 23.8 Å². The molecule has 0 radical (unpaired) electrons. The quantitative estimate of drug-likeness (QED) is 0.798. The van der Waals surface area contributed by atoms with Crippen LogP contribution in [0.15, 0.2) is 36.0 Å². The number of β-amino-alcohol motifs (C(OH)–C–C–N with tert-alkyl or cyclic N) is 1. The van der Waals surface area contributed by atoms with Crippen molar-refractivity contribution in [2.45, 2.75) is 13.0 Å². The average molecular weight is 437 g/mol. The minimum absolute atomic E-state index is 0.0954. The van der Waals surface area contributed by atoms with Gasteiger partial charge in [0.05, 0.1) is 29.9 Å². The molecule has 0 fully saturated rings. The van der Waals surface area contributed by atoms with Crippen LogP contribution in [-0.4, -0.2) is 57.9 Å². The second-order valence-corrected chi connectivity index (χ2v) is 6.94. The summed E-state index contributed by atoms with van der Waals surface area (Å²) in [7, 11) is 1.64. The van der Waals surface area contributed by atoms with Crippen LogP contribution >= 0.6 is 11.6 Å².